The van der Waals surface area contributed by atoms with Crippen LogP contribution in [-0.2, 0) is 9.84 Å². The summed E-state index contributed by atoms with van der Waals surface area (Å²) in [6, 6.07) is 12.1. The molecule has 3 heterocycles. The van der Waals surface area contributed by atoms with Crippen LogP contribution < -0.4 is 0 Å². The second-order valence-electron chi connectivity index (χ2n) is 6.65. The fourth-order valence-corrected chi connectivity index (χ4v) is 6.93. The lowest BCUT2D eigenvalue weighted by Gasteiger charge is -2.38. The molecule has 25 heavy (non-hydrogen) atoms. The van der Waals surface area contributed by atoms with E-state index in [1.165, 1.54) is 11.3 Å². The van der Waals surface area contributed by atoms with E-state index in [9.17, 15) is 13.2 Å². The number of hydrogen-bond donors (Lipinski definition) is 0. The lowest BCUT2D eigenvalue weighted by molar-refractivity contribution is 0.0603. The molecular formula is C18H18ClNO3S2. The molecule has 1 unspecified atom stereocenters. The molecule has 1 aromatic heterocycles. The lowest BCUT2D eigenvalue weighted by atomic mass is 10.0. The van der Waals surface area contributed by atoms with Crippen LogP contribution in [0.3, 0.4) is 0 Å². The number of amides is 1. The van der Waals surface area contributed by atoms with Gasteiger partial charge < -0.3 is 4.90 Å². The van der Waals surface area contributed by atoms with E-state index in [1.54, 1.807) is 36.4 Å². The van der Waals surface area contributed by atoms with Gasteiger partial charge in [-0.2, -0.15) is 0 Å². The first-order valence-electron chi connectivity index (χ1n) is 8.34. The molecule has 3 atom stereocenters. The summed E-state index contributed by atoms with van der Waals surface area (Å²) in [6.45, 7) is 0. The van der Waals surface area contributed by atoms with Gasteiger partial charge in [-0.15, -0.1) is 11.3 Å². The number of carbonyl (C=O) groups is 1. The molecule has 0 spiro atoms. The van der Waals surface area contributed by atoms with Crippen molar-refractivity contribution in [2.75, 3.05) is 0 Å². The van der Waals surface area contributed by atoms with E-state index in [0.717, 1.165) is 12.8 Å². The molecule has 132 valence electrons. The van der Waals surface area contributed by atoms with Crippen LogP contribution in [-0.4, -0.2) is 36.6 Å². The van der Waals surface area contributed by atoms with Gasteiger partial charge in [-0.25, -0.2) is 8.42 Å². The van der Waals surface area contributed by atoms with Gasteiger partial charge in [-0.05, 0) is 49.9 Å². The average molecular weight is 396 g/mol. The molecule has 1 aromatic carbocycles. The molecule has 0 N–H and O–H groups in total. The Morgan fingerprint density at radius 1 is 1.04 bits per heavy atom. The Hall–Kier alpha value is -1.37. The van der Waals surface area contributed by atoms with E-state index in [-0.39, 0.29) is 18.0 Å². The molecule has 2 bridgehead atoms. The fourth-order valence-electron chi connectivity index (χ4n) is 4.07. The van der Waals surface area contributed by atoms with E-state index >= 15 is 0 Å². The Labute approximate surface area is 156 Å². The largest absolute Gasteiger partial charge is 0.332 e. The summed E-state index contributed by atoms with van der Waals surface area (Å²) in [5.74, 6) is -0.0139. The summed E-state index contributed by atoms with van der Waals surface area (Å²) in [5, 5.41) is -0.414. The van der Waals surface area contributed by atoms with E-state index in [4.69, 9.17) is 11.6 Å². The van der Waals surface area contributed by atoms with Gasteiger partial charge in [0.15, 0.2) is 9.84 Å². The van der Waals surface area contributed by atoms with Crippen LogP contribution in [0.5, 0.6) is 0 Å². The molecular weight excluding hydrogens is 378 g/mol. The Balaban J connectivity index is 1.57. The third-order valence-electron chi connectivity index (χ3n) is 5.22. The monoisotopic (exact) mass is 395 g/mol. The summed E-state index contributed by atoms with van der Waals surface area (Å²) in [4.78, 5) is 15.7. The molecule has 4 rings (SSSR count). The van der Waals surface area contributed by atoms with Gasteiger partial charge >= 0.3 is 0 Å². The predicted octanol–water partition coefficient (Wildman–Crippen LogP) is 4.01. The summed E-state index contributed by atoms with van der Waals surface area (Å²) in [6.07, 6.45) is 2.77. The Kier molecular flexibility index (Phi) is 4.38. The quantitative estimate of drug-likeness (QED) is 0.788. The van der Waals surface area contributed by atoms with Crippen molar-refractivity contribution in [2.45, 2.75) is 47.9 Å². The van der Waals surface area contributed by atoms with Crippen LogP contribution in [0.4, 0.5) is 0 Å². The molecule has 0 aliphatic carbocycles. The van der Waals surface area contributed by atoms with Crippen LogP contribution in [0.1, 0.15) is 35.4 Å². The van der Waals surface area contributed by atoms with Crippen molar-refractivity contribution in [3.8, 4) is 0 Å². The van der Waals surface area contributed by atoms with Crippen molar-refractivity contribution in [1.82, 2.24) is 4.90 Å². The van der Waals surface area contributed by atoms with Gasteiger partial charge in [0, 0.05) is 12.1 Å². The van der Waals surface area contributed by atoms with Gasteiger partial charge in [0.1, 0.15) is 0 Å². The zero-order valence-electron chi connectivity index (χ0n) is 13.5. The summed E-state index contributed by atoms with van der Waals surface area (Å²) >= 11 is 7.23. The SMILES string of the molecule is O=C(c1ccc(Cl)s1)N1[C@@H]2CC[C@H]1CC(S(=O)(=O)c1ccccc1)C2. The highest BCUT2D eigenvalue weighted by Crippen LogP contribution is 2.41. The van der Waals surface area contributed by atoms with Crippen molar-refractivity contribution in [1.29, 1.82) is 0 Å². The van der Waals surface area contributed by atoms with Crippen LogP contribution in [0.15, 0.2) is 47.4 Å². The zero-order chi connectivity index (χ0) is 17.6. The van der Waals surface area contributed by atoms with E-state index < -0.39 is 15.1 Å². The first kappa shape index (κ1) is 17.1. The van der Waals surface area contributed by atoms with Crippen molar-refractivity contribution in [3.63, 3.8) is 0 Å². The summed E-state index contributed by atoms with van der Waals surface area (Å²) in [7, 11) is -3.35. The maximum absolute atomic E-state index is 12.9. The van der Waals surface area contributed by atoms with Crippen molar-refractivity contribution >= 4 is 38.7 Å². The highest BCUT2D eigenvalue weighted by molar-refractivity contribution is 7.92. The van der Waals surface area contributed by atoms with Crippen LogP contribution in [0.25, 0.3) is 0 Å². The van der Waals surface area contributed by atoms with E-state index in [0.29, 0.717) is 27.0 Å². The van der Waals surface area contributed by atoms with Crippen LogP contribution >= 0.6 is 22.9 Å². The third-order valence-corrected chi connectivity index (χ3v) is 8.63. The molecule has 2 aromatic rings. The number of benzene rings is 1. The van der Waals surface area contributed by atoms with Crippen LogP contribution in [0, 0.1) is 0 Å². The Morgan fingerprint density at radius 2 is 1.68 bits per heavy atom. The number of carbonyl (C=O) groups excluding carboxylic acids is 1. The molecule has 2 aliphatic heterocycles. The maximum atomic E-state index is 12.9. The minimum Gasteiger partial charge on any atom is -0.332 e. The number of nitrogens with zero attached hydrogens (tertiary/aromatic N) is 1. The molecule has 7 heteroatoms. The Bertz CT molecular complexity index is 880. The molecule has 2 saturated heterocycles. The Morgan fingerprint density at radius 3 is 2.24 bits per heavy atom. The molecule has 0 saturated carbocycles. The normalized spacial score (nSPS) is 26.0. The van der Waals surface area contributed by atoms with Gasteiger partial charge in [0.05, 0.1) is 19.4 Å². The first-order valence-corrected chi connectivity index (χ1v) is 11.1. The number of thiophene rings is 1. The van der Waals surface area contributed by atoms with Gasteiger partial charge in [-0.1, -0.05) is 29.8 Å². The first-order chi connectivity index (χ1) is 12.0. The van der Waals surface area contributed by atoms with Gasteiger partial charge in [0.2, 0.25) is 0 Å². The van der Waals surface area contributed by atoms with Crippen molar-refractivity contribution in [3.05, 3.63) is 51.7 Å². The van der Waals surface area contributed by atoms with Crippen molar-refractivity contribution < 1.29 is 13.2 Å². The molecule has 2 fully saturated rings. The summed E-state index contributed by atoms with van der Waals surface area (Å²) in [5.41, 5.74) is 0. The lowest BCUT2D eigenvalue weighted by Crippen LogP contribution is -2.49. The fraction of sp³-hybridized carbons (Fsp3) is 0.389. The number of rotatable bonds is 3. The van der Waals surface area contributed by atoms with Crippen molar-refractivity contribution in [2.24, 2.45) is 0 Å². The molecule has 0 radical (unpaired) electrons. The van der Waals surface area contributed by atoms with E-state index in [1.807, 2.05) is 11.0 Å². The highest BCUT2D eigenvalue weighted by atomic mass is 35.5. The average Bonchev–Trinajstić information content (AvgIpc) is 3.15. The number of hydrogen-bond acceptors (Lipinski definition) is 4. The highest BCUT2D eigenvalue weighted by Gasteiger charge is 2.47. The topological polar surface area (TPSA) is 54.5 Å². The smallest absolute Gasteiger partial charge is 0.264 e. The third kappa shape index (κ3) is 3.00. The number of piperidine rings is 1. The minimum absolute atomic E-state index is 0.00406. The van der Waals surface area contributed by atoms with Crippen LogP contribution in [0.2, 0.25) is 4.34 Å². The number of halogens is 1. The second-order valence-corrected chi connectivity index (χ2v) is 10.6. The second kappa shape index (κ2) is 6.41. The predicted molar refractivity (Wildman–Crippen MR) is 99.0 cm³/mol. The number of fused-ring (bicyclic) bond motifs is 2. The number of sulfone groups is 1. The molecule has 4 nitrogen and oxygen atoms in total. The molecule has 1 amide bonds. The standard InChI is InChI=1S/C18H18ClNO3S2/c19-17-9-8-16(24-17)18(21)20-12-6-7-13(20)11-15(10-12)25(22,23)14-4-2-1-3-5-14/h1-5,8-9,12-13,15H,6-7,10-11H2/t12-,13+,15?. The van der Waals surface area contributed by atoms with E-state index in [2.05, 4.69) is 0 Å². The minimum atomic E-state index is -3.35. The maximum Gasteiger partial charge on any atom is 0.264 e. The van der Waals surface area contributed by atoms with Gasteiger partial charge in [0.25, 0.3) is 5.91 Å². The summed E-state index contributed by atoms with van der Waals surface area (Å²) < 4.78 is 26.5. The zero-order valence-corrected chi connectivity index (χ0v) is 15.9. The molecule has 2 aliphatic rings. The van der Waals surface area contributed by atoms with Gasteiger partial charge in [-0.3, -0.25) is 4.79 Å².